The summed E-state index contributed by atoms with van der Waals surface area (Å²) in [6.45, 7) is 11.4. The Hall–Kier alpha value is -3.26. The zero-order valence-electron chi connectivity index (χ0n) is 20.0. The summed E-state index contributed by atoms with van der Waals surface area (Å²) in [5, 5.41) is 13.7. The topological polar surface area (TPSA) is 92.8 Å². The molecule has 4 rings (SSSR count). The van der Waals surface area contributed by atoms with Crippen molar-refractivity contribution < 1.29 is 4.42 Å². The van der Waals surface area contributed by atoms with Crippen molar-refractivity contribution in [3.8, 4) is 0 Å². The highest BCUT2D eigenvalue weighted by Gasteiger charge is 2.30. The van der Waals surface area contributed by atoms with Gasteiger partial charge in [-0.25, -0.2) is 4.68 Å². The summed E-state index contributed by atoms with van der Waals surface area (Å²) in [5.41, 5.74) is 2.35. The molecule has 1 N–H and O–H groups in total. The summed E-state index contributed by atoms with van der Waals surface area (Å²) in [5.74, 6) is 1.63. The Morgan fingerprint density at radius 1 is 1.18 bits per heavy atom. The van der Waals surface area contributed by atoms with Crippen LogP contribution < -0.4 is 5.56 Å². The Morgan fingerprint density at radius 3 is 2.70 bits per heavy atom. The first-order valence-electron chi connectivity index (χ1n) is 11.4. The van der Waals surface area contributed by atoms with Gasteiger partial charge in [0.25, 0.3) is 5.56 Å². The van der Waals surface area contributed by atoms with E-state index in [-0.39, 0.29) is 17.1 Å². The highest BCUT2D eigenvalue weighted by molar-refractivity contribution is 5.79. The van der Waals surface area contributed by atoms with Crippen LogP contribution in [0.25, 0.3) is 10.9 Å². The van der Waals surface area contributed by atoms with Gasteiger partial charge in [-0.05, 0) is 80.3 Å². The molecule has 3 heterocycles. The smallest absolute Gasteiger partial charge is 0.252 e. The van der Waals surface area contributed by atoms with Crippen LogP contribution in [0.1, 0.15) is 69.3 Å². The van der Waals surface area contributed by atoms with Crippen molar-refractivity contribution in [3.05, 3.63) is 75.7 Å². The van der Waals surface area contributed by atoms with Crippen LogP contribution in [0, 0.1) is 6.92 Å². The summed E-state index contributed by atoms with van der Waals surface area (Å²) in [6, 6.07) is 11.8. The zero-order valence-corrected chi connectivity index (χ0v) is 20.0. The molecule has 0 aliphatic rings. The third-order valence-corrected chi connectivity index (χ3v) is 5.82. The van der Waals surface area contributed by atoms with Crippen LogP contribution in [0.3, 0.4) is 0 Å². The minimum Gasteiger partial charge on any atom is -0.468 e. The van der Waals surface area contributed by atoms with Gasteiger partial charge in [-0.3, -0.25) is 9.69 Å². The second-order valence-corrected chi connectivity index (χ2v) is 9.62. The fourth-order valence-electron chi connectivity index (χ4n) is 4.21. The summed E-state index contributed by atoms with van der Waals surface area (Å²) in [7, 11) is 0. The molecule has 33 heavy (non-hydrogen) atoms. The van der Waals surface area contributed by atoms with Crippen LogP contribution in [0.5, 0.6) is 0 Å². The van der Waals surface area contributed by atoms with Crippen LogP contribution in [-0.2, 0) is 18.6 Å². The predicted octanol–water partition coefficient (Wildman–Crippen LogP) is 4.71. The molecule has 0 aliphatic heterocycles. The lowest BCUT2D eigenvalue weighted by Gasteiger charge is -2.32. The van der Waals surface area contributed by atoms with Gasteiger partial charge in [-0.2, -0.15) is 0 Å². The second kappa shape index (κ2) is 9.31. The van der Waals surface area contributed by atoms with E-state index in [1.54, 1.807) is 6.26 Å². The first-order valence-corrected chi connectivity index (χ1v) is 11.4. The molecule has 0 saturated heterocycles. The van der Waals surface area contributed by atoms with E-state index in [1.165, 1.54) is 0 Å². The van der Waals surface area contributed by atoms with Crippen molar-refractivity contribution in [2.75, 3.05) is 0 Å². The Bertz CT molecular complexity index is 1270. The lowest BCUT2D eigenvalue weighted by Crippen LogP contribution is -2.35. The van der Waals surface area contributed by atoms with Gasteiger partial charge in [0.2, 0.25) is 0 Å². The molecule has 1 unspecified atom stereocenters. The van der Waals surface area contributed by atoms with E-state index in [0.29, 0.717) is 18.7 Å². The van der Waals surface area contributed by atoms with E-state index >= 15 is 0 Å². The number of nitrogens with one attached hydrogen (secondary N) is 1. The molecule has 0 spiro atoms. The van der Waals surface area contributed by atoms with Crippen LogP contribution in [0.2, 0.25) is 0 Å². The van der Waals surface area contributed by atoms with Crippen molar-refractivity contribution in [1.29, 1.82) is 0 Å². The molecule has 0 saturated carbocycles. The number of hydrogen-bond donors (Lipinski definition) is 1. The molecule has 0 aliphatic carbocycles. The maximum Gasteiger partial charge on any atom is 0.252 e. The Kier molecular flexibility index (Phi) is 6.47. The van der Waals surface area contributed by atoms with Crippen LogP contribution in [0.4, 0.5) is 0 Å². The molecule has 1 atom stereocenters. The Labute approximate surface area is 193 Å². The third-order valence-electron chi connectivity index (χ3n) is 5.82. The molecule has 1 aromatic carbocycles. The molecule has 0 bridgehead atoms. The Balaban J connectivity index is 1.77. The lowest BCUT2D eigenvalue weighted by molar-refractivity contribution is 0.138. The number of aromatic nitrogens is 5. The summed E-state index contributed by atoms with van der Waals surface area (Å²) >= 11 is 0. The number of benzene rings is 1. The van der Waals surface area contributed by atoms with Crippen LogP contribution in [-0.4, -0.2) is 30.1 Å². The molecular formula is C25H32N6O2. The van der Waals surface area contributed by atoms with E-state index < -0.39 is 0 Å². The molecule has 0 fully saturated rings. The zero-order chi connectivity index (χ0) is 23.6. The minimum absolute atomic E-state index is 0.0815. The Morgan fingerprint density at radius 2 is 2.00 bits per heavy atom. The van der Waals surface area contributed by atoms with Crippen LogP contribution in [0.15, 0.2) is 51.9 Å². The quantitative estimate of drug-likeness (QED) is 0.419. The summed E-state index contributed by atoms with van der Waals surface area (Å²) in [4.78, 5) is 18.3. The van der Waals surface area contributed by atoms with Gasteiger partial charge >= 0.3 is 0 Å². The number of H-pyrrole nitrogens is 1. The maximum atomic E-state index is 13.0. The van der Waals surface area contributed by atoms with E-state index in [2.05, 4.69) is 66.1 Å². The van der Waals surface area contributed by atoms with E-state index in [1.807, 2.05) is 35.0 Å². The minimum atomic E-state index is -0.265. The van der Waals surface area contributed by atoms with Gasteiger partial charge in [0.05, 0.1) is 24.4 Å². The van der Waals surface area contributed by atoms with Gasteiger partial charge < -0.3 is 9.40 Å². The van der Waals surface area contributed by atoms with Crippen molar-refractivity contribution in [2.24, 2.45) is 0 Å². The number of furan rings is 1. The number of pyridine rings is 1. The third kappa shape index (κ3) is 5.06. The fraction of sp³-hybridized carbons (Fsp3) is 0.440. The van der Waals surface area contributed by atoms with E-state index in [9.17, 15) is 4.79 Å². The normalized spacial score (nSPS) is 13.2. The van der Waals surface area contributed by atoms with Gasteiger partial charge in [-0.15, -0.1) is 5.10 Å². The van der Waals surface area contributed by atoms with Crippen molar-refractivity contribution >= 4 is 10.9 Å². The highest BCUT2D eigenvalue weighted by atomic mass is 16.3. The fourth-order valence-corrected chi connectivity index (χ4v) is 4.21. The standard InChI is InChI=1S/C25H32N6O2/c1-6-8-22(23-27-28-29-31(23)25(3,4)5)30(16-20-9-7-12-33-20)15-19-14-18-13-17(2)10-11-21(18)26-24(19)32/h7,9-14,22H,6,8,15-16H2,1-5H3,(H,26,32). The summed E-state index contributed by atoms with van der Waals surface area (Å²) < 4.78 is 7.56. The number of fused-ring (bicyclic) bond motifs is 1. The number of nitrogens with zero attached hydrogens (tertiary/aromatic N) is 5. The molecule has 8 nitrogen and oxygen atoms in total. The first-order chi connectivity index (χ1) is 15.8. The van der Waals surface area contributed by atoms with E-state index in [4.69, 9.17) is 4.42 Å². The second-order valence-electron chi connectivity index (χ2n) is 9.62. The lowest BCUT2D eigenvalue weighted by atomic mass is 10.0. The first kappa shape index (κ1) is 22.9. The SMILES string of the molecule is CCCC(c1nnnn1C(C)(C)C)N(Cc1ccco1)Cc1cc2cc(C)ccc2[nH]c1=O. The van der Waals surface area contributed by atoms with Gasteiger partial charge in [0.1, 0.15) is 5.76 Å². The number of tetrazole rings is 1. The van der Waals surface area contributed by atoms with Crippen molar-refractivity contribution in [3.63, 3.8) is 0 Å². The number of rotatable bonds is 8. The predicted molar refractivity (Wildman–Crippen MR) is 128 cm³/mol. The average molecular weight is 449 g/mol. The molecule has 0 amide bonds. The number of aryl methyl sites for hydroxylation is 1. The molecular weight excluding hydrogens is 416 g/mol. The molecule has 8 heteroatoms. The number of hydrogen-bond acceptors (Lipinski definition) is 6. The molecule has 174 valence electrons. The van der Waals surface area contributed by atoms with Crippen molar-refractivity contribution in [1.82, 2.24) is 30.1 Å². The largest absolute Gasteiger partial charge is 0.468 e. The van der Waals surface area contributed by atoms with Gasteiger partial charge in [-0.1, -0.05) is 25.0 Å². The average Bonchev–Trinajstić information content (AvgIpc) is 3.44. The maximum absolute atomic E-state index is 13.0. The summed E-state index contributed by atoms with van der Waals surface area (Å²) in [6.07, 6.45) is 3.47. The monoisotopic (exact) mass is 448 g/mol. The van der Waals surface area contributed by atoms with Gasteiger partial charge in [0, 0.05) is 17.6 Å². The van der Waals surface area contributed by atoms with E-state index in [0.717, 1.165) is 40.9 Å². The van der Waals surface area contributed by atoms with Crippen molar-refractivity contribution in [2.45, 2.75) is 72.1 Å². The van der Waals surface area contributed by atoms with Crippen LogP contribution >= 0.6 is 0 Å². The molecule has 0 radical (unpaired) electrons. The number of aromatic amines is 1. The van der Waals surface area contributed by atoms with Gasteiger partial charge in [0.15, 0.2) is 5.82 Å². The molecule has 4 aromatic rings. The molecule has 3 aromatic heterocycles. The highest BCUT2D eigenvalue weighted by Crippen LogP contribution is 2.30.